The van der Waals surface area contributed by atoms with Gasteiger partial charge in [-0.15, -0.1) is 0 Å². The second-order valence-corrected chi connectivity index (χ2v) is 4.15. The molecule has 0 saturated heterocycles. The first-order valence-corrected chi connectivity index (χ1v) is 5.40. The van der Waals surface area contributed by atoms with E-state index in [9.17, 15) is 26.3 Å². The van der Waals surface area contributed by atoms with Gasteiger partial charge in [0.05, 0.1) is 6.67 Å². The maximum atomic E-state index is 13.0. The molecular weight excluding hydrogens is 288 g/mol. The molecule has 0 unspecified atom stereocenters. The van der Waals surface area contributed by atoms with Gasteiger partial charge in [0.15, 0.2) is 5.70 Å². The molecule has 2 heterocycles. The Kier molecular flexibility index (Phi) is 3.31. The van der Waals surface area contributed by atoms with Gasteiger partial charge >= 0.3 is 12.4 Å². The Hall–Kier alpha value is -1.93. The summed E-state index contributed by atoms with van der Waals surface area (Å²) in [5.41, 5.74) is -3.46. The zero-order valence-electron chi connectivity index (χ0n) is 10.1. The van der Waals surface area contributed by atoms with Crippen molar-refractivity contribution in [3.8, 4) is 0 Å². The lowest BCUT2D eigenvalue weighted by molar-refractivity contribution is -0.123. The van der Waals surface area contributed by atoms with Crippen LogP contribution in [-0.2, 0) is 0 Å². The lowest BCUT2D eigenvalue weighted by Crippen LogP contribution is -2.31. The van der Waals surface area contributed by atoms with Crippen molar-refractivity contribution < 1.29 is 26.3 Å². The van der Waals surface area contributed by atoms with Crippen LogP contribution in [0.2, 0.25) is 0 Å². The van der Waals surface area contributed by atoms with E-state index in [2.05, 4.69) is 4.98 Å². The van der Waals surface area contributed by atoms with Crippen LogP contribution >= 0.6 is 0 Å². The fraction of sp³-hybridized carbons (Fsp3) is 0.364. The summed E-state index contributed by atoms with van der Waals surface area (Å²) in [7, 11) is 0.956. The Morgan fingerprint density at radius 3 is 2.05 bits per heavy atom. The van der Waals surface area contributed by atoms with E-state index >= 15 is 0 Å². The Morgan fingerprint density at radius 1 is 1.00 bits per heavy atom. The summed E-state index contributed by atoms with van der Waals surface area (Å²) in [4.78, 5) is 4.69. The third-order valence-electron chi connectivity index (χ3n) is 2.69. The first-order valence-electron chi connectivity index (χ1n) is 5.40. The first kappa shape index (κ1) is 14.5. The van der Waals surface area contributed by atoms with Crippen LogP contribution in [0.4, 0.5) is 32.2 Å². The van der Waals surface area contributed by atoms with Crippen LogP contribution in [0.1, 0.15) is 0 Å². The van der Waals surface area contributed by atoms with E-state index in [1.807, 2.05) is 0 Å². The lowest BCUT2D eigenvalue weighted by atomic mass is 10.3. The molecule has 0 radical (unpaired) electrons. The Labute approximate surface area is 110 Å². The van der Waals surface area contributed by atoms with Gasteiger partial charge in [-0.3, -0.25) is 0 Å². The molecule has 0 saturated carbocycles. The fourth-order valence-corrected chi connectivity index (χ4v) is 2.00. The molecule has 0 fully saturated rings. The minimum atomic E-state index is -5.13. The van der Waals surface area contributed by atoms with Crippen molar-refractivity contribution >= 4 is 5.82 Å². The SMILES string of the molecule is CN1CN(c2ccccn2)C(C(F)(F)F)=C1C(F)(F)F. The van der Waals surface area contributed by atoms with E-state index in [-0.39, 0.29) is 5.82 Å². The minimum absolute atomic E-state index is 0.189. The van der Waals surface area contributed by atoms with Gasteiger partial charge in [-0.25, -0.2) is 4.98 Å². The van der Waals surface area contributed by atoms with E-state index in [4.69, 9.17) is 0 Å². The van der Waals surface area contributed by atoms with Crippen molar-refractivity contribution in [3.05, 3.63) is 35.8 Å². The van der Waals surface area contributed by atoms with Crippen LogP contribution in [0.3, 0.4) is 0 Å². The highest BCUT2D eigenvalue weighted by molar-refractivity contribution is 5.52. The molecule has 1 aliphatic heterocycles. The standard InChI is InChI=1S/C11H9F6N3/c1-19-6-20(7-4-2-3-5-18-7)9(11(15,16)17)8(19)10(12,13)14/h2-5H,6H2,1H3. The number of hydrogen-bond acceptors (Lipinski definition) is 3. The number of aromatic nitrogens is 1. The van der Waals surface area contributed by atoms with Gasteiger partial charge in [0.1, 0.15) is 11.5 Å². The van der Waals surface area contributed by atoms with E-state index in [0.29, 0.717) is 9.80 Å². The highest BCUT2D eigenvalue weighted by Gasteiger charge is 2.54. The lowest BCUT2D eigenvalue weighted by Gasteiger charge is -2.22. The zero-order chi connectivity index (χ0) is 15.1. The van der Waals surface area contributed by atoms with Gasteiger partial charge in [-0.05, 0) is 12.1 Å². The van der Waals surface area contributed by atoms with Crippen molar-refractivity contribution in [2.24, 2.45) is 0 Å². The van der Waals surface area contributed by atoms with Gasteiger partial charge in [0, 0.05) is 13.2 Å². The molecule has 0 amide bonds. The summed E-state index contributed by atoms with van der Waals surface area (Å²) >= 11 is 0. The van der Waals surface area contributed by atoms with Gasteiger partial charge in [-0.1, -0.05) is 6.07 Å². The van der Waals surface area contributed by atoms with Crippen molar-refractivity contribution in [2.45, 2.75) is 12.4 Å². The molecule has 20 heavy (non-hydrogen) atoms. The summed E-state index contributed by atoms with van der Waals surface area (Å²) in [5.74, 6) is -0.189. The quantitative estimate of drug-likeness (QED) is 0.742. The van der Waals surface area contributed by atoms with E-state index in [1.54, 1.807) is 0 Å². The van der Waals surface area contributed by atoms with E-state index in [0.717, 1.165) is 7.05 Å². The van der Waals surface area contributed by atoms with Crippen LogP contribution in [0, 0.1) is 0 Å². The third-order valence-corrected chi connectivity index (χ3v) is 2.69. The van der Waals surface area contributed by atoms with Crippen LogP contribution < -0.4 is 4.90 Å². The number of pyridine rings is 1. The predicted octanol–water partition coefficient (Wildman–Crippen LogP) is 3.13. The second kappa shape index (κ2) is 4.57. The van der Waals surface area contributed by atoms with Crippen LogP contribution in [0.5, 0.6) is 0 Å². The largest absolute Gasteiger partial charge is 0.433 e. The number of nitrogens with zero attached hydrogens (tertiary/aromatic N) is 3. The first-order chi connectivity index (χ1) is 9.12. The Morgan fingerprint density at radius 2 is 1.60 bits per heavy atom. The maximum Gasteiger partial charge on any atom is 0.433 e. The number of rotatable bonds is 1. The molecule has 0 atom stereocenters. The molecule has 0 aromatic carbocycles. The summed E-state index contributed by atoms with van der Waals surface area (Å²) in [6.07, 6.45) is -9.01. The second-order valence-electron chi connectivity index (χ2n) is 4.15. The minimum Gasteiger partial charge on any atom is -0.351 e. The number of alkyl halides is 6. The molecule has 0 aliphatic carbocycles. The predicted molar refractivity (Wildman–Crippen MR) is 58.5 cm³/mol. The molecule has 1 aromatic rings. The monoisotopic (exact) mass is 297 g/mol. The van der Waals surface area contributed by atoms with Crippen LogP contribution in [0.25, 0.3) is 0 Å². The van der Waals surface area contributed by atoms with Gasteiger partial charge in [0.25, 0.3) is 0 Å². The number of anilines is 1. The van der Waals surface area contributed by atoms with Crippen molar-refractivity contribution in [2.75, 3.05) is 18.6 Å². The number of halogens is 6. The van der Waals surface area contributed by atoms with Crippen molar-refractivity contribution in [1.29, 1.82) is 0 Å². The van der Waals surface area contributed by atoms with E-state index in [1.165, 1.54) is 24.4 Å². The molecule has 1 aliphatic rings. The average molecular weight is 297 g/mol. The maximum absolute atomic E-state index is 13.0. The van der Waals surface area contributed by atoms with E-state index < -0.39 is 30.4 Å². The zero-order valence-corrected chi connectivity index (χ0v) is 10.1. The topological polar surface area (TPSA) is 19.4 Å². The summed E-state index contributed by atoms with van der Waals surface area (Å²) in [6, 6.07) is 4.09. The van der Waals surface area contributed by atoms with Gasteiger partial charge in [0.2, 0.25) is 0 Å². The smallest absolute Gasteiger partial charge is 0.351 e. The van der Waals surface area contributed by atoms with Crippen LogP contribution in [-0.4, -0.2) is 36.0 Å². The third kappa shape index (κ3) is 2.52. The fourth-order valence-electron chi connectivity index (χ4n) is 2.00. The molecule has 2 rings (SSSR count). The van der Waals surface area contributed by atoms with Crippen molar-refractivity contribution in [1.82, 2.24) is 9.88 Å². The normalized spacial score (nSPS) is 17.1. The van der Waals surface area contributed by atoms with Crippen LogP contribution in [0.15, 0.2) is 35.8 Å². The Bertz CT molecular complexity index is 519. The van der Waals surface area contributed by atoms with Crippen molar-refractivity contribution in [3.63, 3.8) is 0 Å². The number of hydrogen-bond donors (Lipinski definition) is 0. The number of allylic oxidation sites excluding steroid dienone is 2. The highest BCUT2D eigenvalue weighted by atomic mass is 19.4. The average Bonchev–Trinajstić information content (AvgIpc) is 2.67. The summed E-state index contributed by atoms with van der Waals surface area (Å²) in [6.45, 7) is -0.569. The molecule has 0 spiro atoms. The molecular formula is C11H9F6N3. The Balaban J connectivity index is 2.59. The summed E-state index contributed by atoms with van der Waals surface area (Å²) in [5, 5.41) is 0. The molecule has 0 N–H and O–H groups in total. The summed E-state index contributed by atoms with van der Waals surface area (Å²) < 4.78 is 77.5. The van der Waals surface area contributed by atoms with Gasteiger partial charge in [-0.2, -0.15) is 26.3 Å². The molecule has 0 bridgehead atoms. The molecule has 1 aromatic heterocycles. The highest BCUT2D eigenvalue weighted by Crippen LogP contribution is 2.44. The molecule has 9 heteroatoms. The van der Waals surface area contributed by atoms with Gasteiger partial charge < -0.3 is 9.80 Å². The molecule has 3 nitrogen and oxygen atoms in total. The molecule has 110 valence electrons.